The van der Waals surface area contributed by atoms with Gasteiger partial charge >= 0.3 is 5.97 Å². The molecular formula is C21H25N3O6S. The number of nitrogens with zero attached hydrogens (tertiary/aromatic N) is 1. The van der Waals surface area contributed by atoms with Gasteiger partial charge in [-0.2, -0.15) is 4.31 Å². The minimum Gasteiger partial charge on any atom is -0.451 e. The molecule has 4 rings (SSSR count). The average molecular weight is 448 g/mol. The zero-order valence-electron chi connectivity index (χ0n) is 17.0. The second kappa shape index (κ2) is 8.81. The number of carbonyl (C=O) groups excluding carboxylic acids is 2. The predicted molar refractivity (Wildman–Crippen MR) is 111 cm³/mol. The number of H-pyrrole nitrogens is 1. The predicted octanol–water partition coefficient (Wildman–Crippen LogP) is 1.04. The van der Waals surface area contributed by atoms with Gasteiger partial charge in [0.15, 0.2) is 6.61 Å². The molecule has 2 aromatic rings. The van der Waals surface area contributed by atoms with Crippen molar-refractivity contribution in [2.75, 3.05) is 39.5 Å². The average Bonchev–Trinajstić information content (AvgIpc) is 3.42. The minimum absolute atomic E-state index is 0.0238. The van der Waals surface area contributed by atoms with Gasteiger partial charge in [0, 0.05) is 31.2 Å². The molecule has 10 heteroatoms. The lowest BCUT2D eigenvalue weighted by Crippen LogP contribution is -2.40. The summed E-state index contributed by atoms with van der Waals surface area (Å²) < 4.78 is 36.8. The van der Waals surface area contributed by atoms with Crippen LogP contribution in [0, 0.1) is 0 Å². The van der Waals surface area contributed by atoms with Crippen molar-refractivity contribution in [2.24, 2.45) is 0 Å². The van der Waals surface area contributed by atoms with Gasteiger partial charge in [-0.15, -0.1) is 0 Å². The van der Waals surface area contributed by atoms with Crippen molar-refractivity contribution in [3.05, 3.63) is 53.9 Å². The number of aromatic amines is 1. The van der Waals surface area contributed by atoms with Crippen LogP contribution < -0.4 is 5.32 Å². The van der Waals surface area contributed by atoms with Crippen LogP contribution in [0.2, 0.25) is 0 Å². The minimum atomic E-state index is -3.72. The number of amides is 1. The molecule has 2 N–H and O–H groups in total. The van der Waals surface area contributed by atoms with Gasteiger partial charge in [-0.25, -0.2) is 13.2 Å². The Morgan fingerprint density at radius 1 is 1.16 bits per heavy atom. The Balaban J connectivity index is 1.28. The third-order valence-corrected chi connectivity index (χ3v) is 7.56. The number of sulfonamides is 1. The van der Waals surface area contributed by atoms with Crippen LogP contribution in [0.1, 0.15) is 28.9 Å². The van der Waals surface area contributed by atoms with Gasteiger partial charge in [0.1, 0.15) is 10.6 Å². The molecule has 9 nitrogen and oxygen atoms in total. The third-order valence-electron chi connectivity index (χ3n) is 5.68. The first-order chi connectivity index (χ1) is 14.9. The summed E-state index contributed by atoms with van der Waals surface area (Å²) in [4.78, 5) is 27.0. The molecule has 1 saturated carbocycles. The molecule has 2 fully saturated rings. The van der Waals surface area contributed by atoms with Crippen molar-refractivity contribution >= 4 is 21.9 Å². The molecule has 0 spiro atoms. The van der Waals surface area contributed by atoms with E-state index in [2.05, 4.69) is 10.3 Å². The highest BCUT2D eigenvalue weighted by Gasteiger charge is 2.44. The smallest absolute Gasteiger partial charge is 0.355 e. The largest absolute Gasteiger partial charge is 0.451 e. The Morgan fingerprint density at radius 3 is 2.55 bits per heavy atom. The number of hydrogen-bond donors (Lipinski definition) is 2. The second-order valence-corrected chi connectivity index (χ2v) is 9.70. The molecular weight excluding hydrogens is 422 g/mol. The highest BCUT2D eigenvalue weighted by molar-refractivity contribution is 7.89. The SMILES string of the molecule is O=C(COC(=O)c1cc(S(=O)(=O)N2CCOCC2)c[nH]1)NCC1(c2ccccc2)CC1. The van der Waals surface area contributed by atoms with Gasteiger partial charge in [-0.3, -0.25) is 4.79 Å². The number of ether oxygens (including phenoxy) is 2. The van der Waals surface area contributed by atoms with Crippen molar-refractivity contribution in [3.63, 3.8) is 0 Å². The van der Waals surface area contributed by atoms with Crippen LogP contribution in [0.5, 0.6) is 0 Å². The quantitative estimate of drug-likeness (QED) is 0.584. The topological polar surface area (TPSA) is 118 Å². The molecule has 2 aliphatic rings. The van der Waals surface area contributed by atoms with Crippen LogP contribution >= 0.6 is 0 Å². The van der Waals surface area contributed by atoms with E-state index in [1.807, 2.05) is 30.3 Å². The summed E-state index contributed by atoms with van der Waals surface area (Å²) in [6, 6.07) is 11.2. The normalized spacial score (nSPS) is 18.3. The zero-order chi connectivity index (χ0) is 21.9. The number of aromatic nitrogens is 1. The van der Waals surface area contributed by atoms with E-state index in [9.17, 15) is 18.0 Å². The van der Waals surface area contributed by atoms with E-state index in [1.165, 1.54) is 22.1 Å². The molecule has 1 aliphatic heterocycles. The van der Waals surface area contributed by atoms with Gasteiger partial charge in [0.25, 0.3) is 5.91 Å². The Hall–Kier alpha value is -2.69. The van der Waals surface area contributed by atoms with E-state index in [4.69, 9.17) is 9.47 Å². The maximum absolute atomic E-state index is 12.6. The lowest BCUT2D eigenvalue weighted by atomic mass is 9.96. The Bertz CT molecular complexity index is 1040. The molecule has 1 amide bonds. The molecule has 0 radical (unpaired) electrons. The summed E-state index contributed by atoms with van der Waals surface area (Å²) in [5.41, 5.74) is 1.12. The van der Waals surface area contributed by atoms with Crippen LogP contribution in [-0.2, 0) is 29.7 Å². The lowest BCUT2D eigenvalue weighted by molar-refractivity contribution is -0.124. The fraction of sp³-hybridized carbons (Fsp3) is 0.429. The first-order valence-corrected chi connectivity index (χ1v) is 11.6. The van der Waals surface area contributed by atoms with Crippen LogP contribution in [0.3, 0.4) is 0 Å². The number of hydrogen-bond acceptors (Lipinski definition) is 6. The number of morpholine rings is 1. The monoisotopic (exact) mass is 447 g/mol. The highest BCUT2D eigenvalue weighted by Crippen LogP contribution is 2.47. The van der Waals surface area contributed by atoms with Crippen molar-refractivity contribution in [1.82, 2.24) is 14.6 Å². The Morgan fingerprint density at radius 2 is 1.87 bits per heavy atom. The molecule has 1 aromatic heterocycles. The molecule has 166 valence electrons. The first-order valence-electron chi connectivity index (χ1n) is 10.2. The third kappa shape index (κ3) is 4.81. The first kappa shape index (κ1) is 21.5. The van der Waals surface area contributed by atoms with E-state index in [0.717, 1.165) is 12.8 Å². The Labute approximate surface area is 180 Å². The summed E-state index contributed by atoms with van der Waals surface area (Å²) in [5, 5.41) is 2.82. The summed E-state index contributed by atoms with van der Waals surface area (Å²) in [6.45, 7) is 1.24. The molecule has 1 aliphatic carbocycles. The molecule has 0 unspecified atom stereocenters. The number of carbonyl (C=O) groups is 2. The van der Waals surface area contributed by atoms with E-state index < -0.39 is 28.5 Å². The maximum Gasteiger partial charge on any atom is 0.355 e. The van der Waals surface area contributed by atoms with Crippen LogP contribution in [0.4, 0.5) is 0 Å². The maximum atomic E-state index is 12.6. The molecule has 1 saturated heterocycles. The van der Waals surface area contributed by atoms with Crippen molar-refractivity contribution in [3.8, 4) is 0 Å². The number of benzene rings is 1. The molecule has 2 heterocycles. The summed E-state index contributed by atoms with van der Waals surface area (Å²) in [6.07, 6.45) is 3.25. The number of rotatable bonds is 8. The molecule has 31 heavy (non-hydrogen) atoms. The van der Waals surface area contributed by atoms with E-state index >= 15 is 0 Å². The summed E-state index contributed by atoms with van der Waals surface area (Å²) in [5.74, 6) is -1.19. The van der Waals surface area contributed by atoms with Crippen LogP contribution in [0.15, 0.2) is 47.5 Å². The van der Waals surface area contributed by atoms with Crippen molar-refractivity contribution in [1.29, 1.82) is 0 Å². The zero-order valence-corrected chi connectivity index (χ0v) is 17.8. The molecule has 0 bridgehead atoms. The van der Waals surface area contributed by atoms with Gasteiger partial charge in [0.05, 0.1) is 13.2 Å². The summed E-state index contributed by atoms with van der Waals surface area (Å²) in [7, 11) is -3.72. The van der Waals surface area contributed by atoms with Crippen LogP contribution in [0.25, 0.3) is 0 Å². The van der Waals surface area contributed by atoms with Gasteiger partial charge in [-0.05, 0) is 24.5 Å². The van der Waals surface area contributed by atoms with Crippen LogP contribution in [-0.4, -0.2) is 69.0 Å². The lowest BCUT2D eigenvalue weighted by Gasteiger charge is -2.25. The van der Waals surface area contributed by atoms with E-state index in [0.29, 0.717) is 19.8 Å². The van der Waals surface area contributed by atoms with Gasteiger partial charge in [-0.1, -0.05) is 30.3 Å². The summed E-state index contributed by atoms with van der Waals surface area (Å²) >= 11 is 0. The van der Waals surface area contributed by atoms with Crippen molar-refractivity contribution < 1.29 is 27.5 Å². The second-order valence-electron chi connectivity index (χ2n) is 7.76. The fourth-order valence-electron chi connectivity index (χ4n) is 3.62. The standard InChI is InChI=1S/C21H25N3O6S/c25-19(23-15-21(6-7-21)16-4-2-1-3-5-16)14-30-20(26)18-12-17(13-22-18)31(27,28)24-8-10-29-11-9-24/h1-5,12-13,22H,6-11,14-15H2,(H,23,25). The highest BCUT2D eigenvalue weighted by atomic mass is 32.2. The molecule has 1 aromatic carbocycles. The van der Waals surface area contributed by atoms with E-state index in [-0.39, 0.29) is 29.1 Å². The van der Waals surface area contributed by atoms with E-state index in [1.54, 1.807) is 0 Å². The van der Waals surface area contributed by atoms with Crippen molar-refractivity contribution in [2.45, 2.75) is 23.2 Å². The number of esters is 1. The number of nitrogens with one attached hydrogen (secondary N) is 2. The Kier molecular flexibility index (Phi) is 6.12. The van der Waals surface area contributed by atoms with Gasteiger partial charge in [0.2, 0.25) is 10.0 Å². The fourth-order valence-corrected chi connectivity index (χ4v) is 5.02. The van der Waals surface area contributed by atoms with Gasteiger partial charge < -0.3 is 19.8 Å². The molecule has 0 atom stereocenters.